The summed E-state index contributed by atoms with van der Waals surface area (Å²) in [6.07, 6.45) is 2.95. The summed E-state index contributed by atoms with van der Waals surface area (Å²) in [6.45, 7) is 0. The molecular weight excluding hydrogens is 408 g/mol. The maximum atomic E-state index is 12.5. The van der Waals surface area contributed by atoms with Crippen molar-refractivity contribution in [3.05, 3.63) is 100 Å². The number of para-hydroxylation sites is 1. The van der Waals surface area contributed by atoms with Gasteiger partial charge in [0.2, 0.25) is 0 Å². The van der Waals surface area contributed by atoms with Crippen molar-refractivity contribution < 1.29 is 23.2 Å². The summed E-state index contributed by atoms with van der Waals surface area (Å²) in [5.74, 6) is -0.173. The van der Waals surface area contributed by atoms with Crippen molar-refractivity contribution >= 4 is 33.3 Å². The van der Waals surface area contributed by atoms with Crippen LogP contribution in [0.4, 0.5) is 11.4 Å². The lowest BCUT2D eigenvalue weighted by Gasteiger charge is -2.08. The molecule has 0 amide bonds. The first kappa shape index (κ1) is 20.7. The number of nitro groups is 1. The number of phenolic OH excluding ortho intramolecular Hbond substituents is 1. The number of carbonyl (C=O) groups excluding carboxylic acids is 1. The molecule has 0 saturated carbocycles. The van der Waals surface area contributed by atoms with Crippen molar-refractivity contribution in [3.63, 3.8) is 0 Å². The zero-order chi connectivity index (χ0) is 21.7. The third-order valence-electron chi connectivity index (χ3n) is 4.09. The van der Waals surface area contributed by atoms with Crippen LogP contribution in [0.1, 0.15) is 15.9 Å². The number of sulfonamides is 1. The molecule has 0 aliphatic carbocycles. The minimum absolute atomic E-state index is 0.123. The molecule has 9 heteroatoms. The van der Waals surface area contributed by atoms with Gasteiger partial charge in [0, 0.05) is 17.3 Å². The van der Waals surface area contributed by atoms with Crippen LogP contribution in [0.3, 0.4) is 0 Å². The Labute approximate surface area is 172 Å². The molecule has 3 rings (SSSR count). The summed E-state index contributed by atoms with van der Waals surface area (Å²) < 4.78 is 27.3. The molecule has 0 atom stereocenters. The summed E-state index contributed by atoms with van der Waals surface area (Å²) >= 11 is 0. The standard InChI is InChI=1S/C21H16N2O6S/c24-18-12-5-15(6-13-18)7-14-20(25)16-8-10-17(11-9-16)22-30(28,29)21-4-2-1-3-19(21)23(26)27/h1-14,22,24H. The zero-order valence-electron chi connectivity index (χ0n) is 15.4. The maximum absolute atomic E-state index is 12.5. The first-order valence-electron chi connectivity index (χ1n) is 8.64. The molecule has 0 aliphatic heterocycles. The largest absolute Gasteiger partial charge is 0.508 e. The molecule has 8 nitrogen and oxygen atoms in total. The van der Waals surface area contributed by atoms with Crippen molar-refractivity contribution in [2.45, 2.75) is 4.90 Å². The van der Waals surface area contributed by atoms with Crippen LogP contribution in [0.25, 0.3) is 6.08 Å². The smallest absolute Gasteiger partial charge is 0.289 e. The molecule has 0 aliphatic rings. The van der Waals surface area contributed by atoms with Crippen LogP contribution < -0.4 is 4.72 Å². The average molecular weight is 424 g/mol. The molecule has 0 unspecified atom stereocenters. The lowest BCUT2D eigenvalue weighted by molar-refractivity contribution is -0.387. The fourth-order valence-corrected chi connectivity index (χ4v) is 3.83. The molecule has 3 aromatic carbocycles. The van der Waals surface area contributed by atoms with Gasteiger partial charge in [0.15, 0.2) is 10.7 Å². The topological polar surface area (TPSA) is 127 Å². The summed E-state index contributed by atoms with van der Waals surface area (Å²) in [6, 6.07) is 17.0. The van der Waals surface area contributed by atoms with Crippen LogP contribution in [0.15, 0.2) is 83.8 Å². The molecule has 152 valence electrons. The number of carbonyl (C=O) groups is 1. The third kappa shape index (κ3) is 4.89. The Morgan fingerprint density at radius 1 is 0.967 bits per heavy atom. The summed E-state index contributed by atoms with van der Waals surface area (Å²) in [5, 5.41) is 20.3. The number of nitrogens with zero attached hydrogens (tertiary/aromatic N) is 1. The van der Waals surface area contributed by atoms with Gasteiger partial charge in [0.05, 0.1) is 4.92 Å². The molecule has 0 aromatic heterocycles. The molecule has 3 aromatic rings. The fourth-order valence-electron chi connectivity index (χ4n) is 2.60. The highest BCUT2D eigenvalue weighted by Crippen LogP contribution is 2.25. The van der Waals surface area contributed by atoms with Gasteiger partial charge < -0.3 is 5.11 Å². The van der Waals surface area contributed by atoms with Crippen LogP contribution >= 0.6 is 0 Å². The van der Waals surface area contributed by atoms with E-state index in [0.717, 1.165) is 17.7 Å². The molecule has 2 N–H and O–H groups in total. The number of nitrogens with one attached hydrogen (secondary N) is 1. The minimum atomic E-state index is -4.18. The number of benzene rings is 3. The third-order valence-corrected chi connectivity index (χ3v) is 5.52. The highest BCUT2D eigenvalue weighted by atomic mass is 32.2. The van der Waals surface area contributed by atoms with Crippen molar-refractivity contribution in [3.8, 4) is 5.75 Å². The van der Waals surface area contributed by atoms with Crippen molar-refractivity contribution in [1.29, 1.82) is 0 Å². The van der Waals surface area contributed by atoms with Gasteiger partial charge in [0.1, 0.15) is 5.75 Å². The first-order valence-corrected chi connectivity index (χ1v) is 10.1. The molecule has 0 spiro atoms. The zero-order valence-corrected chi connectivity index (χ0v) is 16.2. The van der Waals surface area contributed by atoms with Crippen molar-refractivity contribution in [1.82, 2.24) is 0 Å². The second-order valence-corrected chi connectivity index (χ2v) is 7.85. The monoisotopic (exact) mass is 424 g/mol. The van der Waals surface area contributed by atoms with Crippen LogP contribution in [0, 0.1) is 10.1 Å². The number of hydrogen-bond acceptors (Lipinski definition) is 6. The molecular formula is C21H16N2O6S. The summed E-state index contributed by atoms with van der Waals surface area (Å²) in [5.41, 5.74) is 0.692. The van der Waals surface area contributed by atoms with E-state index in [9.17, 15) is 28.4 Å². The minimum Gasteiger partial charge on any atom is -0.508 e. The number of nitro benzene ring substituents is 1. The lowest BCUT2D eigenvalue weighted by atomic mass is 10.1. The van der Waals surface area contributed by atoms with Crippen molar-refractivity contribution in [2.24, 2.45) is 0 Å². The first-order chi connectivity index (χ1) is 14.3. The number of anilines is 1. The Bertz CT molecular complexity index is 1220. The average Bonchev–Trinajstić information content (AvgIpc) is 2.73. The number of phenols is 1. The van der Waals surface area contributed by atoms with E-state index in [1.165, 1.54) is 54.6 Å². The number of rotatable bonds is 7. The lowest BCUT2D eigenvalue weighted by Crippen LogP contribution is -2.14. The highest BCUT2D eigenvalue weighted by Gasteiger charge is 2.25. The van der Waals surface area contributed by atoms with Gasteiger partial charge in [-0.1, -0.05) is 30.3 Å². The second-order valence-electron chi connectivity index (χ2n) is 6.20. The number of aromatic hydroxyl groups is 1. The summed E-state index contributed by atoms with van der Waals surface area (Å²) in [7, 11) is -4.18. The molecule has 0 heterocycles. The van der Waals surface area contributed by atoms with E-state index in [2.05, 4.69) is 4.72 Å². The van der Waals surface area contributed by atoms with Crippen LogP contribution in [-0.2, 0) is 10.0 Å². The number of hydrogen-bond donors (Lipinski definition) is 2. The maximum Gasteiger partial charge on any atom is 0.289 e. The Kier molecular flexibility index (Phi) is 5.93. The van der Waals surface area contributed by atoms with E-state index >= 15 is 0 Å². The number of ketones is 1. The van der Waals surface area contributed by atoms with Crippen LogP contribution in [-0.4, -0.2) is 24.2 Å². The quantitative estimate of drug-likeness (QED) is 0.255. The van der Waals surface area contributed by atoms with Gasteiger partial charge in [-0.05, 0) is 54.1 Å². The predicted molar refractivity (Wildman–Crippen MR) is 112 cm³/mol. The molecule has 0 radical (unpaired) electrons. The highest BCUT2D eigenvalue weighted by molar-refractivity contribution is 7.92. The molecule has 0 bridgehead atoms. The van der Waals surface area contributed by atoms with E-state index < -0.39 is 25.5 Å². The summed E-state index contributed by atoms with van der Waals surface area (Å²) in [4.78, 5) is 22.1. The SMILES string of the molecule is O=C(C=Cc1ccc(O)cc1)c1ccc(NS(=O)(=O)c2ccccc2[N+](=O)[O-])cc1. The van der Waals surface area contributed by atoms with Gasteiger partial charge >= 0.3 is 0 Å². The molecule has 0 fully saturated rings. The Hall–Kier alpha value is -3.98. The van der Waals surface area contributed by atoms with Gasteiger partial charge in [0.25, 0.3) is 15.7 Å². The van der Waals surface area contributed by atoms with Gasteiger partial charge in [-0.3, -0.25) is 19.6 Å². The Balaban J connectivity index is 1.75. The van der Waals surface area contributed by atoms with Gasteiger partial charge in [-0.25, -0.2) is 8.42 Å². The Morgan fingerprint density at radius 3 is 2.23 bits per heavy atom. The van der Waals surface area contributed by atoms with Crippen molar-refractivity contribution in [2.75, 3.05) is 4.72 Å². The van der Waals surface area contributed by atoms with Gasteiger partial charge in [-0.2, -0.15) is 0 Å². The van der Waals surface area contributed by atoms with E-state index in [1.807, 2.05) is 0 Å². The molecule has 0 saturated heterocycles. The fraction of sp³-hybridized carbons (Fsp3) is 0. The van der Waals surface area contributed by atoms with Crippen LogP contribution in [0.2, 0.25) is 0 Å². The predicted octanol–water partition coefficient (Wildman–Crippen LogP) is 4.00. The van der Waals surface area contributed by atoms with Crippen LogP contribution in [0.5, 0.6) is 5.75 Å². The second kappa shape index (κ2) is 8.58. The van der Waals surface area contributed by atoms with E-state index in [-0.39, 0.29) is 17.2 Å². The Morgan fingerprint density at radius 2 is 1.60 bits per heavy atom. The normalized spacial score (nSPS) is 11.3. The molecule has 30 heavy (non-hydrogen) atoms. The number of allylic oxidation sites excluding steroid dienone is 1. The van der Waals surface area contributed by atoms with E-state index in [0.29, 0.717) is 5.56 Å². The van der Waals surface area contributed by atoms with Gasteiger partial charge in [-0.15, -0.1) is 0 Å². The van der Waals surface area contributed by atoms with E-state index in [4.69, 9.17) is 0 Å². The van der Waals surface area contributed by atoms with E-state index in [1.54, 1.807) is 18.2 Å².